The molecule has 2 aromatic rings. The van der Waals surface area contributed by atoms with E-state index in [-0.39, 0.29) is 11.6 Å². The molecule has 0 heterocycles. The van der Waals surface area contributed by atoms with E-state index in [0.717, 1.165) is 5.56 Å². The Morgan fingerprint density at radius 1 is 1.18 bits per heavy atom. The lowest BCUT2D eigenvalue weighted by Gasteiger charge is -2.21. The molecule has 0 radical (unpaired) electrons. The standard InChI is InChI=1S/C17H18N2O3/c1-3-18(12-14-7-5-4-6-8-14)17(20)15-10-9-13(2)16(11-15)19(21)22/h4-11H,3,12H2,1-2H3. The molecule has 0 atom stereocenters. The van der Waals surface area contributed by atoms with Crippen molar-refractivity contribution < 1.29 is 9.72 Å². The summed E-state index contributed by atoms with van der Waals surface area (Å²) in [6.45, 7) is 4.57. The Hall–Kier alpha value is -2.69. The summed E-state index contributed by atoms with van der Waals surface area (Å²) in [7, 11) is 0. The first-order valence-corrected chi connectivity index (χ1v) is 7.11. The van der Waals surface area contributed by atoms with E-state index in [9.17, 15) is 14.9 Å². The number of rotatable bonds is 5. The first-order valence-electron chi connectivity index (χ1n) is 7.11. The molecule has 22 heavy (non-hydrogen) atoms. The smallest absolute Gasteiger partial charge is 0.273 e. The zero-order chi connectivity index (χ0) is 16.1. The first-order chi connectivity index (χ1) is 10.5. The normalized spacial score (nSPS) is 10.3. The number of nitro groups is 1. The van der Waals surface area contributed by atoms with Gasteiger partial charge >= 0.3 is 0 Å². The number of aryl methyl sites for hydroxylation is 1. The molecule has 0 N–H and O–H groups in total. The van der Waals surface area contributed by atoms with Crippen LogP contribution >= 0.6 is 0 Å². The summed E-state index contributed by atoms with van der Waals surface area (Å²) < 4.78 is 0. The van der Waals surface area contributed by atoms with E-state index < -0.39 is 4.92 Å². The van der Waals surface area contributed by atoms with E-state index in [1.165, 1.54) is 6.07 Å². The Balaban J connectivity index is 2.25. The van der Waals surface area contributed by atoms with E-state index in [1.807, 2.05) is 37.3 Å². The number of hydrogen-bond acceptors (Lipinski definition) is 3. The molecule has 0 spiro atoms. The maximum absolute atomic E-state index is 12.6. The van der Waals surface area contributed by atoms with Crippen molar-refractivity contribution in [1.29, 1.82) is 0 Å². The van der Waals surface area contributed by atoms with E-state index in [2.05, 4.69) is 0 Å². The minimum absolute atomic E-state index is 0.0263. The van der Waals surface area contributed by atoms with E-state index in [1.54, 1.807) is 24.0 Å². The lowest BCUT2D eigenvalue weighted by Crippen LogP contribution is -2.30. The number of nitro benzene ring substituents is 1. The van der Waals surface area contributed by atoms with Gasteiger partial charge in [-0.25, -0.2) is 0 Å². The third-order valence-electron chi connectivity index (χ3n) is 3.54. The number of hydrogen-bond donors (Lipinski definition) is 0. The molecule has 0 aliphatic carbocycles. The topological polar surface area (TPSA) is 63.5 Å². The van der Waals surface area contributed by atoms with Crippen LogP contribution in [-0.4, -0.2) is 22.3 Å². The second kappa shape index (κ2) is 6.85. The molecular weight excluding hydrogens is 280 g/mol. The van der Waals surface area contributed by atoms with Crippen molar-refractivity contribution in [2.75, 3.05) is 6.54 Å². The fourth-order valence-electron chi connectivity index (χ4n) is 2.25. The molecule has 5 heteroatoms. The lowest BCUT2D eigenvalue weighted by atomic mass is 10.1. The molecule has 2 aromatic carbocycles. The molecule has 0 aliphatic rings. The van der Waals surface area contributed by atoms with Crippen LogP contribution in [0.3, 0.4) is 0 Å². The maximum Gasteiger partial charge on any atom is 0.273 e. The minimum atomic E-state index is -0.459. The van der Waals surface area contributed by atoms with Gasteiger partial charge in [0.2, 0.25) is 0 Å². The van der Waals surface area contributed by atoms with Crippen LogP contribution in [0.2, 0.25) is 0 Å². The van der Waals surface area contributed by atoms with Gasteiger partial charge in [0, 0.05) is 30.3 Å². The molecular formula is C17H18N2O3. The molecule has 0 aliphatic heterocycles. The molecule has 0 saturated heterocycles. The zero-order valence-electron chi connectivity index (χ0n) is 12.7. The van der Waals surface area contributed by atoms with Crippen LogP contribution in [0.15, 0.2) is 48.5 Å². The van der Waals surface area contributed by atoms with Gasteiger partial charge in [-0.2, -0.15) is 0 Å². The second-order valence-electron chi connectivity index (χ2n) is 5.06. The molecule has 1 amide bonds. The van der Waals surface area contributed by atoms with Crippen molar-refractivity contribution in [2.24, 2.45) is 0 Å². The van der Waals surface area contributed by atoms with E-state index >= 15 is 0 Å². The van der Waals surface area contributed by atoms with Gasteiger partial charge in [0.1, 0.15) is 0 Å². The van der Waals surface area contributed by atoms with E-state index in [4.69, 9.17) is 0 Å². The molecule has 0 aromatic heterocycles. The second-order valence-corrected chi connectivity index (χ2v) is 5.06. The largest absolute Gasteiger partial charge is 0.335 e. The van der Waals surface area contributed by atoms with Gasteiger partial charge in [0.25, 0.3) is 11.6 Å². The van der Waals surface area contributed by atoms with Crippen molar-refractivity contribution in [2.45, 2.75) is 20.4 Å². The maximum atomic E-state index is 12.6. The Morgan fingerprint density at radius 2 is 1.86 bits per heavy atom. The predicted octanol–water partition coefficient (Wildman–Crippen LogP) is 3.57. The lowest BCUT2D eigenvalue weighted by molar-refractivity contribution is -0.385. The van der Waals surface area contributed by atoms with Crippen LogP contribution in [0.1, 0.15) is 28.4 Å². The van der Waals surface area contributed by atoms with Crippen molar-refractivity contribution in [3.05, 3.63) is 75.3 Å². The number of nitrogens with zero attached hydrogens (tertiary/aromatic N) is 2. The fourth-order valence-corrected chi connectivity index (χ4v) is 2.25. The van der Waals surface area contributed by atoms with Crippen LogP contribution in [0.5, 0.6) is 0 Å². The van der Waals surface area contributed by atoms with Crippen LogP contribution in [0.4, 0.5) is 5.69 Å². The third kappa shape index (κ3) is 3.49. The SMILES string of the molecule is CCN(Cc1ccccc1)C(=O)c1ccc(C)c([N+](=O)[O-])c1. The first kappa shape index (κ1) is 15.7. The summed E-state index contributed by atoms with van der Waals surface area (Å²) in [5, 5.41) is 11.0. The zero-order valence-corrected chi connectivity index (χ0v) is 12.7. The monoisotopic (exact) mass is 298 g/mol. The van der Waals surface area contributed by atoms with Gasteiger partial charge in [-0.05, 0) is 25.5 Å². The Bertz CT molecular complexity index is 684. The quantitative estimate of drug-likeness (QED) is 0.626. The summed E-state index contributed by atoms with van der Waals surface area (Å²) in [6, 6.07) is 14.3. The predicted molar refractivity (Wildman–Crippen MR) is 84.7 cm³/mol. The molecule has 0 bridgehead atoms. The van der Waals surface area contributed by atoms with Crippen molar-refractivity contribution >= 4 is 11.6 Å². The van der Waals surface area contributed by atoms with Crippen molar-refractivity contribution in [3.63, 3.8) is 0 Å². The van der Waals surface area contributed by atoms with E-state index in [0.29, 0.717) is 24.2 Å². The fraction of sp³-hybridized carbons (Fsp3) is 0.235. The summed E-state index contributed by atoms with van der Waals surface area (Å²) >= 11 is 0. The highest BCUT2D eigenvalue weighted by Gasteiger charge is 2.19. The van der Waals surface area contributed by atoms with Gasteiger partial charge < -0.3 is 4.90 Å². The Labute approximate surface area is 129 Å². The summed E-state index contributed by atoms with van der Waals surface area (Å²) in [4.78, 5) is 24.8. The highest BCUT2D eigenvalue weighted by atomic mass is 16.6. The van der Waals surface area contributed by atoms with Gasteiger partial charge in [-0.3, -0.25) is 14.9 Å². The summed E-state index contributed by atoms with van der Waals surface area (Å²) in [5.74, 6) is -0.200. The van der Waals surface area contributed by atoms with Crippen LogP contribution in [0, 0.1) is 17.0 Å². The number of carbonyl (C=O) groups is 1. The van der Waals surface area contributed by atoms with Gasteiger partial charge in [0.15, 0.2) is 0 Å². The molecule has 0 fully saturated rings. The molecule has 5 nitrogen and oxygen atoms in total. The number of carbonyl (C=O) groups excluding carboxylic acids is 1. The molecule has 0 saturated carbocycles. The Kier molecular flexibility index (Phi) is 4.88. The highest BCUT2D eigenvalue weighted by Crippen LogP contribution is 2.20. The molecule has 114 valence electrons. The summed E-state index contributed by atoms with van der Waals surface area (Å²) in [5.41, 5.74) is 1.89. The van der Waals surface area contributed by atoms with Crippen LogP contribution in [-0.2, 0) is 6.54 Å². The van der Waals surface area contributed by atoms with Crippen LogP contribution in [0.25, 0.3) is 0 Å². The van der Waals surface area contributed by atoms with Crippen molar-refractivity contribution in [3.8, 4) is 0 Å². The van der Waals surface area contributed by atoms with Crippen molar-refractivity contribution in [1.82, 2.24) is 4.90 Å². The Morgan fingerprint density at radius 3 is 2.45 bits per heavy atom. The summed E-state index contributed by atoms with van der Waals surface area (Å²) in [6.07, 6.45) is 0. The van der Waals surface area contributed by atoms with Gasteiger partial charge in [-0.15, -0.1) is 0 Å². The number of amides is 1. The highest BCUT2D eigenvalue weighted by molar-refractivity contribution is 5.95. The minimum Gasteiger partial charge on any atom is -0.335 e. The van der Waals surface area contributed by atoms with Gasteiger partial charge in [0.05, 0.1) is 4.92 Å². The van der Waals surface area contributed by atoms with Gasteiger partial charge in [-0.1, -0.05) is 36.4 Å². The number of benzene rings is 2. The van der Waals surface area contributed by atoms with Crippen LogP contribution < -0.4 is 0 Å². The average molecular weight is 298 g/mol. The molecule has 0 unspecified atom stereocenters. The molecule has 2 rings (SSSR count). The third-order valence-corrected chi connectivity index (χ3v) is 3.54. The average Bonchev–Trinajstić information content (AvgIpc) is 2.53.